The Bertz CT molecular complexity index is 3060. The Morgan fingerprint density at radius 2 is 0.323 bits per heavy atom. The van der Waals surface area contributed by atoms with Crippen molar-refractivity contribution in [1.29, 1.82) is 0 Å². The van der Waals surface area contributed by atoms with Gasteiger partial charge >= 0.3 is 0 Å². The molecule has 6 atom stereocenters. The van der Waals surface area contributed by atoms with Crippen molar-refractivity contribution >= 4 is 0 Å². The Hall–Kier alpha value is -6.12. The first kappa shape index (κ1) is 68.4. The van der Waals surface area contributed by atoms with Crippen LogP contribution in [-0.4, -0.2) is 116 Å². The third-order valence-electron chi connectivity index (χ3n) is 19.8. The Morgan fingerprint density at radius 3 is 0.406 bits per heavy atom. The molecule has 6 unspecified atom stereocenters. The zero-order valence-electron chi connectivity index (χ0n) is 61.0. The Morgan fingerprint density at radius 1 is 0.219 bits per heavy atom. The van der Waals surface area contributed by atoms with E-state index in [4.69, 9.17) is 56.8 Å². The lowest BCUT2D eigenvalue weighted by Crippen LogP contribution is -2.19. The van der Waals surface area contributed by atoms with Gasteiger partial charge in [-0.3, -0.25) is 0 Å². The second kappa shape index (κ2) is 26.2. The van der Waals surface area contributed by atoms with E-state index in [2.05, 4.69) is 197 Å². The highest BCUT2D eigenvalue weighted by atomic mass is 16.6. The fraction of sp³-hybridized carbons (Fsp3) is 0.571. The van der Waals surface area contributed by atoms with Crippen molar-refractivity contribution in [3.05, 3.63) is 173 Å². The number of hydrogen-bond donors (Lipinski definition) is 0. The molecule has 0 amide bonds. The maximum atomic E-state index is 7.30. The molecule has 6 fully saturated rings. The molecule has 516 valence electrons. The van der Waals surface area contributed by atoms with Crippen LogP contribution in [0, 0.1) is 0 Å². The Kier molecular flexibility index (Phi) is 18.7. The van der Waals surface area contributed by atoms with Crippen LogP contribution in [0.4, 0.5) is 0 Å². The molecule has 0 radical (unpaired) electrons. The van der Waals surface area contributed by atoms with Gasteiger partial charge in [-0.05, 0) is 133 Å². The van der Waals surface area contributed by atoms with Crippen LogP contribution in [0.2, 0.25) is 0 Å². The minimum absolute atomic E-state index is 0.0169. The third-order valence-corrected chi connectivity index (χ3v) is 19.8. The molecule has 13 rings (SSSR count). The minimum Gasteiger partial charge on any atom is -0.490 e. The average molecular weight is 1310 g/mol. The van der Waals surface area contributed by atoms with E-state index in [1.165, 1.54) is 33.4 Å². The molecule has 6 saturated heterocycles. The lowest BCUT2D eigenvalue weighted by molar-refractivity contribution is 0.255. The van der Waals surface area contributed by atoms with E-state index in [1.54, 1.807) is 0 Å². The van der Waals surface area contributed by atoms with Crippen molar-refractivity contribution < 1.29 is 56.8 Å². The van der Waals surface area contributed by atoms with Crippen LogP contribution in [0.15, 0.2) is 72.8 Å². The van der Waals surface area contributed by atoms with Crippen LogP contribution in [0.25, 0.3) is 0 Å². The molecule has 0 N–H and O–H groups in total. The number of rotatable bonds is 18. The molecule has 6 aromatic carbocycles. The zero-order valence-corrected chi connectivity index (χ0v) is 61.0. The number of ether oxygens (including phenoxy) is 12. The summed E-state index contributed by atoms with van der Waals surface area (Å²) < 4.78 is 79.5. The predicted octanol–water partition coefficient (Wildman–Crippen LogP) is 16.0. The molecule has 7 aliphatic rings. The van der Waals surface area contributed by atoms with E-state index >= 15 is 0 Å². The molecule has 0 spiro atoms. The first-order valence-electron chi connectivity index (χ1n) is 35.7. The van der Waals surface area contributed by atoms with Crippen LogP contribution in [0.3, 0.4) is 0 Å². The fourth-order valence-corrected chi connectivity index (χ4v) is 13.1. The lowest BCUT2D eigenvalue weighted by atomic mass is 9.79. The van der Waals surface area contributed by atoms with E-state index in [0.29, 0.717) is 118 Å². The van der Waals surface area contributed by atoms with Crippen LogP contribution >= 0.6 is 0 Å². The summed E-state index contributed by atoms with van der Waals surface area (Å²) in [5.74, 6) is 5.24. The molecule has 1 aliphatic carbocycles. The van der Waals surface area contributed by atoms with Crippen molar-refractivity contribution in [1.82, 2.24) is 0 Å². The van der Waals surface area contributed by atoms with Gasteiger partial charge < -0.3 is 56.8 Å². The van der Waals surface area contributed by atoms with Gasteiger partial charge in [0.25, 0.3) is 0 Å². The Balaban J connectivity index is 1.12. The van der Waals surface area contributed by atoms with Crippen LogP contribution in [0.5, 0.6) is 34.5 Å². The molecule has 96 heavy (non-hydrogen) atoms. The summed E-state index contributed by atoms with van der Waals surface area (Å²) in [5.41, 5.74) is 19.1. The summed E-state index contributed by atoms with van der Waals surface area (Å²) in [5, 5.41) is 0. The normalized spacial score (nSPS) is 21.6. The predicted molar refractivity (Wildman–Crippen MR) is 379 cm³/mol. The first-order valence-corrected chi connectivity index (χ1v) is 35.7. The van der Waals surface area contributed by atoms with Crippen molar-refractivity contribution in [3.8, 4) is 34.5 Å². The topological polar surface area (TPSA) is 131 Å². The molecule has 6 aliphatic heterocycles. The summed E-state index contributed by atoms with van der Waals surface area (Å²) in [6.07, 6.45) is 3.37. The standard InChI is InChI=1S/C84H108O12/c1-79(2,3)61-25-49-19-51-27-62(80(4,5)6)29-53(74(51)92-44-68-38-86-68)21-55-31-64(82(10,11)12)33-57(76(55)94-46-70-40-88-70)23-59-35-66(84(16,17)18)36-60(78(59)96-48-72-42-90-72)24-58-34-65(83(13,14)15)32-56(77(58)95-47-71-41-89-71)22-54-30-63(81(7,8)9)28-52(75(54)93-45-69-39-87-69)20-50(26-61)73(49)91-43-67-37-85-67/h25-36,67-72H,19-24,37-48H2,1-18H3. The summed E-state index contributed by atoms with van der Waals surface area (Å²) in [6.45, 7) is 48.4. The molecule has 0 aromatic heterocycles. The molecular formula is C84H108O12. The maximum Gasteiger partial charge on any atom is 0.126 e. The molecule has 6 heterocycles. The van der Waals surface area contributed by atoms with Gasteiger partial charge in [0.05, 0.1) is 39.6 Å². The van der Waals surface area contributed by atoms with Crippen molar-refractivity contribution in [2.24, 2.45) is 0 Å². The smallest absolute Gasteiger partial charge is 0.126 e. The third kappa shape index (κ3) is 16.9. The first-order chi connectivity index (χ1) is 45.2. The molecule has 12 bridgehead atoms. The molecule has 6 aromatic rings. The largest absolute Gasteiger partial charge is 0.490 e. The molecule has 12 heteroatoms. The molecular weight excluding hydrogens is 1200 g/mol. The number of benzene rings is 6. The highest BCUT2D eigenvalue weighted by Gasteiger charge is 2.36. The summed E-state index contributed by atoms with van der Waals surface area (Å²) in [4.78, 5) is 0. The van der Waals surface area contributed by atoms with Gasteiger partial charge in [-0.2, -0.15) is 0 Å². The monoisotopic (exact) mass is 1310 g/mol. The highest BCUT2D eigenvalue weighted by Crippen LogP contribution is 2.47. The van der Waals surface area contributed by atoms with E-state index in [9.17, 15) is 0 Å². The van der Waals surface area contributed by atoms with Gasteiger partial charge in [-0.1, -0.05) is 197 Å². The minimum atomic E-state index is -0.227. The van der Waals surface area contributed by atoms with Crippen LogP contribution < -0.4 is 28.4 Å². The summed E-state index contributed by atoms with van der Waals surface area (Å²) in [7, 11) is 0. The fourth-order valence-electron chi connectivity index (χ4n) is 13.1. The van der Waals surface area contributed by atoms with Gasteiger partial charge in [0, 0.05) is 38.5 Å². The van der Waals surface area contributed by atoms with Gasteiger partial charge in [0.15, 0.2) is 0 Å². The van der Waals surface area contributed by atoms with Crippen molar-refractivity contribution in [3.63, 3.8) is 0 Å². The number of hydrogen-bond acceptors (Lipinski definition) is 12. The maximum absolute atomic E-state index is 7.30. The second-order valence-corrected chi connectivity index (χ2v) is 34.9. The lowest BCUT2D eigenvalue weighted by Gasteiger charge is -2.29. The van der Waals surface area contributed by atoms with Crippen molar-refractivity contribution in [2.45, 2.75) is 232 Å². The van der Waals surface area contributed by atoms with Crippen molar-refractivity contribution in [2.75, 3.05) is 79.3 Å². The van der Waals surface area contributed by atoms with E-state index in [1.807, 2.05) is 0 Å². The zero-order chi connectivity index (χ0) is 68.0. The van der Waals surface area contributed by atoms with Gasteiger partial charge in [-0.25, -0.2) is 0 Å². The number of epoxide rings is 6. The summed E-state index contributed by atoms with van der Waals surface area (Å²) in [6, 6.07) is 28.8. The van der Waals surface area contributed by atoms with Gasteiger partial charge in [0.1, 0.15) is 111 Å². The highest BCUT2D eigenvalue weighted by molar-refractivity contribution is 5.62. The van der Waals surface area contributed by atoms with Crippen LogP contribution in [-0.2, 0) is 99.4 Å². The average Bonchev–Trinajstić information content (AvgIpc) is 1.31. The van der Waals surface area contributed by atoms with E-state index in [0.717, 1.165) is 101 Å². The van der Waals surface area contributed by atoms with E-state index in [-0.39, 0.29) is 69.1 Å². The van der Waals surface area contributed by atoms with Gasteiger partial charge in [-0.15, -0.1) is 0 Å². The molecule has 0 saturated carbocycles. The van der Waals surface area contributed by atoms with E-state index < -0.39 is 0 Å². The van der Waals surface area contributed by atoms with Gasteiger partial charge in [0.2, 0.25) is 0 Å². The number of fused-ring (bicyclic) bond motifs is 12. The van der Waals surface area contributed by atoms with Crippen LogP contribution in [0.1, 0.15) is 225 Å². The quantitative estimate of drug-likeness (QED) is 0.0758. The second-order valence-electron chi connectivity index (χ2n) is 34.9. The summed E-state index contributed by atoms with van der Waals surface area (Å²) >= 11 is 0. The molecule has 12 nitrogen and oxygen atoms in total. The SMILES string of the molecule is CC(C)(C)c1cc2c(OCC3CO3)c(c1)Cc1cc(C(C)(C)C)cc(c1OCC1CO1)Cc1cc(C(C)(C)C)cc(c1OCC1CO1)Cc1cc(C(C)(C)C)cc(c1OCC1CO1)Cc1cc(C(C)(C)C)cc(c1OCC1CO1)Cc1cc(C(C)(C)C)cc(c1OCC1CO1)C2. The Labute approximate surface area is 573 Å².